The van der Waals surface area contributed by atoms with Crippen LogP contribution in [0.25, 0.3) is 0 Å². The molecular weight excluding hydrogens is 258 g/mol. The van der Waals surface area contributed by atoms with Crippen molar-refractivity contribution in [2.75, 3.05) is 20.2 Å². The fourth-order valence-electron chi connectivity index (χ4n) is 1.76. The first-order chi connectivity index (χ1) is 9.27. The maximum absolute atomic E-state index is 12.2. The molecule has 5 heteroatoms. The van der Waals surface area contributed by atoms with Gasteiger partial charge in [0.15, 0.2) is 5.78 Å². The Kier molecular flexibility index (Phi) is 5.51. The molecule has 1 rings (SSSR count). The van der Waals surface area contributed by atoms with Crippen LogP contribution in [0.15, 0.2) is 16.5 Å². The monoisotopic (exact) mass is 281 g/mol. The quantitative estimate of drug-likeness (QED) is 0.566. The molecule has 1 heterocycles. The standard InChI is InChI=1S/C15H23NO4/c1-6-19-14(18)15(3,4)13(17)10-16(5)9-12-8-7-11(2)20-12/h7-8H,6,9-10H2,1-5H3. The summed E-state index contributed by atoms with van der Waals surface area (Å²) in [7, 11) is 1.82. The molecule has 0 aliphatic rings. The van der Waals surface area contributed by atoms with Crippen LogP contribution in [0.4, 0.5) is 0 Å². The van der Waals surface area contributed by atoms with Crippen LogP contribution < -0.4 is 0 Å². The smallest absolute Gasteiger partial charge is 0.319 e. The number of ether oxygens (including phenoxy) is 1. The summed E-state index contributed by atoms with van der Waals surface area (Å²) in [5.41, 5.74) is -1.12. The summed E-state index contributed by atoms with van der Waals surface area (Å²) in [5.74, 6) is 0.993. The van der Waals surface area contributed by atoms with Crippen molar-refractivity contribution in [3.8, 4) is 0 Å². The average Bonchev–Trinajstić information content (AvgIpc) is 2.74. The number of furan rings is 1. The highest BCUT2D eigenvalue weighted by Gasteiger charge is 2.37. The summed E-state index contributed by atoms with van der Waals surface area (Å²) in [6.07, 6.45) is 0. The lowest BCUT2D eigenvalue weighted by atomic mass is 9.88. The van der Waals surface area contributed by atoms with Gasteiger partial charge in [0, 0.05) is 0 Å². The Morgan fingerprint density at radius 1 is 1.35 bits per heavy atom. The van der Waals surface area contributed by atoms with Crippen molar-refractivity contribution in [1.29, 1.82) is 0 Å². The number of Topliss-reactive ketones (excluding diaryl/α,β-unsaturated/α-hetero) is 1. The van der Waals surface area contributed by atoms with Gasteiger partial charge >= 0.3 is 5.97 Å². The van der Waals surface area contributed by atoms with E-state index >= 15 is 0 Å². The fraction of sp³-hybridized carbons (Fsp3) is 0.600. The summed E-state index contributed by atoms with van der Waals surface area (Å²) in [6.45, 7) is 7.76. The predicted octanol–water partition coefficient (Wildman–Crippen LogP) is 2.18. The summed E-state index contributed by atoms with van der Waals surface area (Å²) >= 11 is 0. The number of aryl methyl sites for hydroxylation is 1. The summed E-state index contributed by atoms with van der Waals surface area (Å²) in [5, 5.41) is 0. The molecule has 112 valence electrons. The van der Waals surface area contributed by atoms with E-state index in [1.165, 1.54) is 0 Å². The third kappa shape index (κ3) is 4.20. The fourth-order valence-corrected chi connectivity index (χ4v) is 1.76. The van der Waals surface area contributed by atoms with Gasteiger partial charge in [0.2, 0.25) is 0 Å². The van der Waals surface area contributed by atoms with Crippen molar-refractivity contribution in [2.24, 2.45) is 5.41 Å². The highest BCUT2D eigenvalue weighted by molar-refractivity contribution is 6.03. The van der Waals surface area contributed by atoms with E-state index in [9.17, 15) is 9.59 Å². The zero-order valence-corrected chi connectivity index (χ0v) is 12.9. The van der Waals surface area contributed by atoms with Gasteiger partial charge in [-0.25, -0.2) is 0 Å². The van der Waals surface area contributed by atoms with Crippen LogP contribution in [0.1, 0.15) is 32.3 Å². The molecule has 0 saturated carbocycles. The SMILES string of the molecule is CCOC(=O)C(C)(C)C(=O)CN(C)Cc1ccc(C)o1. The van der Waals surface area contributed by atoms with Crippen LogP contribution in [0, 0.1) is 12.3 Å². The number of hydrogen-bond acceptors (Lipinski definition) is 5. The minimum Gasteiger partial charge on any atom is -0.465 e. The van der Waals surface area contributed by atoms with E-state index in [0.717, 1.165) is 11.5 Å². The number of hydrogen-bond donors (Lipinski definition) is 0. The van der Waals surface area contributed by atoms with Crippen molar-refractivity contribution in [2.45, 2.75) is 34.2 Å². The lowest BCUT2D eigenvalue weighted by Gasteiger charge is -2.23. The van der Waals surface area contributed by atoms with Gasteiger partial charge in [-0.1, -0.05) is 0 Å². The minimum atomic E-state index is -1.12. The van der Waals surface area contributed by atoms with Gasteiger partial charge in [0.1, 0.15) is 16.9 Å². The van der Waals surface area contributed by atoms with Gasteiger partial charge in [-0.3, -0.25) is 14.5 Å². The molecule has 0 saturated heterocycles. The third-order valence-corrected chi connectivity index (χ3v) is 3.12. The second-order valence-corrected chi connectivity index (χ2v) is 5.45. The van der Waals surface area contributed by atoms with Crippen LogP contribution in [0.5, 0.6) is 0 Å². The molecule has 0 unspecified atom stereocenters. The molecule has 5 nitrogen and oxygen atoms in total. The lowest BCUT2D eigenvalue weighted by Crippen LogP contribution is -2.41. The Balaban J connectivity index is 2.58. The summed E-state index contributed by atoms with van der Waals surface area (Å²) in [6, 6.07) is 3.76. The molecule has 0 bridgehead atoms. The van der Waals surface area contributed by atoms with E-state index in [2.05, 4.69) is 0 Å². The normalized spacial score (nSPS) is 11.7. The minimum absolute atomic E-state index is 0.165. The van der Waals surface area contributed by atoms with Gasteiger partial charge in [-0.05, 0) is 46.9 Å². The summed E-state index contributed by atoms with van der Waals surface area (Å²) in [4.78, 5) is 25.8. The molecule has 0 spiro atoms. The third-order valence-electron chi connectivity index (χ3n) is 3.12. The van der Waals surface area contributed by atoms with Crippen LogP contribution in [-0.4, -0.2) is 36.9 Å². The van der Waals surface area contributed by atoms with E-state index < -0.39 is 11.4 Å². The molecule has 20 heavy (non-hydrogen) atoms. The number of rotatable bonds is 7. The van der Waals surface area contributed by atoms with Crippen molar-refractivity contribution in [1.82, 2.24) is 4.90 Å². The van der Waals surface area contributed by atoms with Crippen molar-refractivity contribution in [3.05, 3.63) is 23.7 Å². The number of nitrogens with zero attached hydrogens (tertiary/aromatic N) is 1. The second-order valence-electron chi connectivity index (χ2n) is 5.45. The number of carbonyl (C=O) groups is 2. The Morgan fingerprint density at radius 3 is 2.50 bits per heavy atom. The zero-order chi connectivity index (χ0) is 15.3. The maximum Gasteiger partial charge on any atom is 0.319 e. The molecule has 0 aliphatic heterocycles. The van der Waals surface area contributed by atoms with Crippen LogP contribution in [-0.2, 0) is 20.9 Å². The predicted molar refractivity (Wildman–Crippen MR) is 75.2 cm³/mol. The first-order valence-corrected chi connectivity index (χ1v) is 6.71. The molecule has 0 aromatic carbocycles. The molecule has 0 atom stereocenters. The van der Waals surface area contributed by atoms with Gasteiger partial charge in [0.05, 0.1) is 19.7 Å². The molecule has 1 aromatic rings. The maximum atomic E-state index is 12.2. The van der Waals surface area contributed by atoms with Crippen LogP contribution in [0.3, 0.4) is 0 Å². The highest BCUT2D eigenvalue weighted by Crippen LogP contribution is 2.20. The van der Waals surface area contributed by atoms with E-state index in [4.69, 9.17) is 9.15 Å². The molecule has 0 fully saturated rings. The van der Waals surface area contributed by atoms with Crippen molar-refractivity contribution < 1.29 is 18.7 Å². The van der Waals surface area contributed by atoms with E-state index in [-0.39, 0.29) is 18.9 Å². The van der Waals surface area contributed by atoms with Crippen LogP contribution in [0.2, 0.25) is 0 Å². The highest BCUT2D eigenvalue weighted by atomic mass is 16.5. The Morgan fingerprint density at radius 2 is 2.00 bits per heavy atom. The molecular formula is C15H23NO4. The Bertz CT molecular complexity index is 476. The number of ketones is 1. The van der Waals surface area contributed by atoms with Crippen LogP contribution >= 0.6 is 0 Å². The number of likely N-dealkylation sites (N-methyl/N-ethyl adjacent to an activating group) is 1. The van der Waals surface area contributed by atoms with Gasteiger partial charge < -0.3 is 9.15 Å². The zero-order valence-electron chi connectivity index (χ0n) is 12.9. The first-order valence-electron chi connectivity index (χ1n) is 6.71. The van der Waals surface area contributed by atoms with Gasteiger partial charge in [-0.15, -0.1) is 0 Å². The summed E-state index contributed by atoms with van der Waals surface area (Å²) < 4.78 is 10.4. The molecule has 0 amide bonds. The van der Waals surface area contributed by atoms with E-state index in [1.54, 1.807) is 20.8 Å². The topological polar surface area (TPSA) is 59.8 Å². The van der Waals surface area contributed by atoms with E-state index in [1.807, 2.05) is 31.0 Å². The van der Waals surface area contributed by atoms with Gasteiger partial charge in [-0.2, -0.15) is 0 Å². The lowest BCUT2D eigenvalue weighted by molar-refractivity contribution is -0.158. The van der Waals surface area contributed by atoms with Gasteiger partial charge in [0.25, 0.3) is 0 Å². The number of esters is 1. The van der Waals surface area contributed by atoms with E-state index in [0.29, 0.717) is 6.54 Å². The number of carbonyl (C=O) groups excluding carboxylic acids is 2. The molecule has 1 aromatic heterocycles. The van der Waals surface area contributed by atoms with Crippen molar-refractivity contribution in [3.63, 3.8) is 0 Å². The Labute approximate surface area is 119 Å². The largest absolute Gasteiger partial charge is 0.465 e. The Hall–Kier alpha value is -1.62. The first kappa shape index (κ1) is 16.4. The molecule has 0 aliphatic carbocycles. The molecule has 0 N–H and O–H groups in total. The second kappa shape index (κ2) is 6.70. The molecule has 0 radical (unpaired) electrons. The van der Waals surface area contributed by atoms with Crippen molar-refractivity contribution >= 4 is 11.8 Å². The average molecular weight is 281 g/mol.